The number of nitrogens with zero attached hydrogens (tertiary/aromatic N) is 2. The fourth-order valence-electron chi connectivity index (χ4n) is 2.19. The van der Waals surface area contributed by atoms with Crippen molar-refractivity contribution in [1.29, 1.82) is 0 Å². The lowest BCUT2D eigenvalue weighted by molar-refractivity contribution is 0.102. The van der Waals surface area contributed by atoms with Gasteiger partial charge in [-0.05, 0) is 37.6 Å². The van der Waals surface area contributed by atoms with Crippen LogP contribution in [0.4, 0.5) is 5.13 Å². The maximum Gasteiger partial charge on any atom is 0.260 e. The highest BCUT2D eigenvalue weighted by molar-refractivity contribution is 7.14. The quantitative estimate of drug-likeness (QED) is 0.699. The van der Waals surface area contributed by atoms with E-state index in [-0.39, 0.29) is 11.1 Å². The minimum atomic E-state index is -0.315. The molecule has 116 valence electrons. The van der Waals surface area contributed by atoms with Gasteiger partial charge in [0.2, 0.25) is 0 Å². The van der Waals surface area contributed by atoms with Crippen molar-refractivity contribution in [3.05, 3.63) is 63.8 Å². The highest BCUT2D eigenvalue weighted by Crippen LogP contribution is 2.28. The number of hydrogen-bond donors (Lipinski definition) is 1. The summed E-state index contributed by atoms with van der Waals surface area (Å²) >= 11 is 7.32. The number of halogens is 1. The predicted molar refractivity (Wildman–Crippen MR) is 94.2 cm³/mol. The first kappa shape index (κ1) is 15.6. The van der Waals surface area contributed by atoms with Gasteiger partial charge in [0.25, 0.3) is 5.91 Å². The Bertz CT molecular complexity index is 876. The van der Waals surface area contributed by atoms with Crippen LogP contribution in [0.2, 0.25) is 5.15 Å². The smallest absolute Gasteiger partial charge is 0.260 e. The Kier molecular flexibility index (Phi) is 4.41. The summed E-state index contributed by atoms with van der Waals surface area (Å²) in [5, 5.41) is 5.41. The number of hydrogen-bond acceptors (Lipinski definition) is 4. The van der Waals surface area contributed by atoms with Gasteiger partial charge in [-0.25, -0.2) is 9.97 Å². The molecule has 0 atom stereocenters. The van der Waals surface area contributed by atoms with Crippen molar-refractivity contribution in [1.82, 2.24) is 9.97 Å². The topological polar surface area (TPSA) is 54.9 Å². The van der Waals surface area contributed by atoms with Crippen molar-refractivity contribution in [2.75, 3.05) is 5.32 Å². The lowest BCUT2D eigenvalue weighted by Crippen LogP contribution is -2.12. The Morgan fingerprint density at radius 3 is 2.87 bits per heavy atom. The second-order valence-electron chi connectivity index (χ2n) is 5.15. The average molecular weight is 344 g/mol. The Hall–Kier alpha value is -2.24. The van der Waals surface area contributed by atoms with E-state index in [4.69, 9.17) is 11.6 Å². The number of rotatable bonds is 3. The fraction of sp³-hybridized carbons (Fsp3) is 0.118. The predicted octanol–water partition coefficient (Wildman–Crippen LogP) is 4.73. The van der Waals surface area contributed by atoms with Crippen molar-refractivity contribution >= 4 is 34.0 Å². The van der Waals surface area contributed by atoms with Crippen molar-refractivity contribution < 1.29 is 4.79 Å². The second kappa shape index (κ2) is 6.48. The average Bonchev–Trinajstić information content (AvgIpc) is 2.98. The van der Waals surface area contributed by atoms with Crippen LogP contribution in [0.15, 0.2) is 41.9 Å². The van der Waals surface area contributed by atoms with Gasteiger partial charge in [0.05, 0.1) is 11.3 Å². The Labute approximate surface area is 143 Å². The van der Waals surface area contributed by atoms with E-state index in [1.807, 2.05) is 19.2 Å². The molecule has 0 spiro atoms. The van der Waals surface area contributed by atoms with E-state index < -0.39 is 0 Å². The summed E-state index contributed by atoms with van der Waals surface area (Å²) in [7, 11) is 0. The molecular weight excluding hydrogens is 330 g/mol. The van der Waals surface area contributed by atoms with Gasteiger partial charge in [-0.2, -0.15) is 0 Å². The Balaban J connectivity index is 1.84. The number of anilines is 1. The molecule has 1 aromatic carbocycles. The summed E-state index contributed by atoms with van der Waals surface area (Å²) < 4.78 is 0. The van der Waals surface area contributed by atoms with Crippen LogP contribution in [0.5, 0.6) is 0 Å². The molecule has 0 aliphatic carbocycles. The number of thiazole rings is 1. The summed E-state index contributed by atoms with van der Waals surface area (Å²) in [5.74, 6) is -0.315. The van der Waals surface area contributed by atoms with E-state index >= 15 is 0 Å². The lowest BCUT2D eigenvalue weighted by atomic mass is 10.0. The van der Waals surface area contributed by atoms with Crippen molar-refractivity contribution in [3.8, 4) is 11.3 Å². The molecule has 0 aliphatic heterocycles. The van der Waals surface area contributed by atoms with Gasteiger partial charge in [-0.3, -0.25) is 10.1 Å². The number of nitrogens with one attached hydrogen (secondary N) is 1. The molecule has 6 heteroatoms. The first-order chi connectivity index (χ1) is 11.0. The van der Waals surface area contributed by atoms with Crippen LogP contribution in [0, 0.1) is 13.8 Å². The SMILES string of the molecule is Cc1ccc(C)c(-c2csc(NC(=O)c3cccnc3Cl)n2)c1. The van der Waals surface area contributed by atoms with Gasteiger partial charge < -0.3 is 0 Å². The minimum Gasteiger partial charge on any atom is -0.298 e. The van der Waals surface area contributed by atoms with Gasteiger partial charge >= 0.3 is 0 Å². The van der Waals surface area contributed by atoms with Crippen molar-refractivity contribution in [2.24, 2.45) is 0 Å². The van der Waals surface area contributed by atoms with Crippen LogP contribution in [0.25, 0.3) is 11.3 Å². The molecule has 1 amide bonds. The van der Waals surface area contributed by atoms with Gasteiger partial charge in [-0.1, -0.05) is 29.3 Å². The number of pyridine rings is 1. The largest absolute Gasteiger partial charge is 0.298 e. The molecule has 0 aliphatic rings. The van der Waals surface area contributed by atoms with E-state index in [2.05, 4.69) is 33.5 Å². The maximum absolute atomic E-state index is 12.2. The molecule has 2 aromatic heterocycles. The van der Waals surface area contributed by atoms with E-state index in [0.717, 1.165) is 16.8 Å². The van der Waals surface area contributed by atoms with Gasteiger partial charge in [-0.15, -0.1) is 11.3 Å². The van der Waals surface area contributed by atoms with Crippen LogP contribution >= 0.6 is 22.9 Å². The summed E-state index contributed by atoms with van der Waals surface area (Å²) in [6.45, 7) is 4.09. The van der Waals surface area contributed by atoms with Crippen LogP contribution < -0.4 is 5.32 Å². The number of carbonyl (C=O) groups is 1. The number of aromatic nitrogens is 2. The van der Waals surface area contributed by atoms with Crippen molar-refractivity contribution in [3.63, 3.8) is 0 Å². The highest BCUT2D eigenvalue weighted by Gasteiger charge is 2.14. The van der Waals surface area contributed by atoms with Crippen LogP contribution in [0.1, 0.15) is 21.5 Å². The van der Waals surface area contributed by atoms with E-state index in [9.17, 15) is 4.79 Å². The fourth-order valence-corrected chi connectivity index (χ4v) is 3.10. The molecule has 0 radical (unpaired) electrons. The van der Waals surface area contributed by atoms with E-state index in [1.54, 1.807) is 18.3 Å². The summed E-state index contributed by atoms with van der Waals surface area (Å²) in [6, 6.07) is 9.53. The third-order valence-corrected chi connectivity index (χ3v) is 4.46. The molecule has 2 heterocycles. The minimum absolute atomic E-state index is 0.177. The van der Waals surface area contributed by atoms with Crippen molar-refractivity contribution in [2.45, 2.75) is 13.8 Å². The summed E-state index contributed by atoms with van der Waals surface area (Å²) in [5.41, 5.74) is 4.57. The first-order valence-electron chi connectivity index (χ1n) is 6.99. The molecule has 0 unspecified atom stereocenters. The third-order valence-electron chi connectivity index (χ3n) is 3.40. The molecule has 0 saturated heterocycles. The molecule has 23 heavy (non-hydrogen) atoms. The molecule has 4 nitrogen and oxygen atoms in total. The van der Waals surface area contributed by atoms with Crippen LogP contribution in [-0.2, 0) is 0 Å². The molecule has 3 aromatic rings. The highest BCUT2D eigenvalue weighted by atomic mass is 35.5. The lowest BCUT2D eigenvalue weighted by Gasteiger charge is -2.04. The van der Waals surface area contributed by atoms with Gasteiger partial charge in [0, 0.05) is 17.1 Å². The number of amides is 1. The van der Waals surface area contributed by atoms with Gasteiger partial charge in [0.1, 0.15) is 5.15 Å². The van der Waals surface area contributed by atoms with Crippen LogP contribution in [-0.4, -0.2) is 15.9 Å². The zero-order chi connectivity index (χ0) is 16.4. The number of carbonyl (C=O) groups excluding carboxylic acids is 1. The molecule has 0 saturated carbocycles. The summed E-state index contributed by atoms with van der Waals surface area (Å²) in [4.78, 5) is 20.6. The standard InChI is InChI=1S/C17H14ClN3OS/c1-10-5-6-11(2)13(8-10)14-9-23-17(20-14)21-16(22)12-4-3-7-19-15(12)18/h3-9H,1-2H3,(H,20,21,22). The monoisotopic (exact) mass is 343 g/mol. The van der Waals surface area contributed by atoms with E-state index in [0.29, 0.717) is 10.7 Å². The third kappa shape index (κ3) is 3.41. The van der Waals surface area contributed by atoms with Crippen LogP contribution in [0.3, 0.4) is 0 Å². The summed E-state index contributed by atoms with van der Waals surface area (Å²) in [6.07, 6.45) is 1.54. The normalized spacial score (nSPS) is 10.6. The second-order valence-corrected chi connectivity index (χ2v) is 6.37. The molecule has 0 fully saturated rings. The molecule has 3 rings (SSSR count). The van der Waals surface area contributed by atoms with Gasteiger partial charge in [0.15, 0.2) is 5.13 Å². The number of aryl methyl sites for hydroxylation is 2. The van der Waals surface area contributed by atoms with E-state index in [1.165, 1.54) is 16.9 Å². The Morgan fingerprint density at radius 2 is 2.09 bits per heavy atom. The molecular formula is C17H14ClN3OS. The zero-order valence-electron chi connectivity index (χ0n) is 12.6. The first-order valence-corrected chi connectivity index (χ1v) is 8.25. The molecule has 1 N–H and O–H groups in total. The maximum atomic E-state index is 12.2. The molecule has 0 bridgehead atoms. The zero-order valence-corrected chi connectivity index (χ0v) is 14.2. The Morgan fingerprint density at radius 1 is 1.26 bits per heavy atom. The number of benzene rings is 1.